The van der Waals surface area contributed by atoms with Gasteiger partial charge in [-0.1, -0.05) is 23.7 Å². The largest absolute Gasteiger partial charge is 0.467 e. The second kappa shape index (κ2) is 8.84. The van der Waals surface area contributed by atoms with Crippen LogP contribution >= 0.6 is 11.6 Å². The number of nitrogens with zero attached hydrogens (tertiary/aromatic N) is 1. The lowest BCUT2D eigenvalue weighted by molar-refractivity contribution is -0.154. The van der Waals surface area contributed by atoms with Gasteiger partial charge in [0.15, 0.2) is 0 Å². The monoisotopic (exact) mass is 437 g/mol. The minimum absolute atomic E-state index is 0.0928. The molecular weight excluding hydrogens is 410 g/mol. The Morgan fingerprint density at radius 1 is 1.17 bits per heavy atom. The van der Waals surface area contributed by atoms with Crippen molar-refractivity contribution >= 4 is 29.6 Å². The van der Waals surface area contributed by atoms with Crippen LogP contribution in [0.3, 0.4) is 0 Å². The van der Waals surface area contributed by atoms with Crippen LogP contribution in [0.2, 0.25) is 5.02 Å². The number of rotatable bonds is 3. The molecule has 0 N–H and O–H groups in total. The van der Waals surface area contributed by atoms with E-state index in [9.17, 15) is 14.4 Å². The third-order valence-electron chi connectivity index (χ3n) is 5.41. The SMILES string of the molecule is COC(=O)C1CC(OC(=O)C2CCc3c(Cl)cccc3C2)CN1C(=O)OC(C)(C)C. The lowest BCUT2D eigenvalue weighted by Gasteiger charge is -2.27. The summed E-state index contributed by atoms with van der Waals surface area (Å²) in [5.41, 5.74) is 1.44. The van der Waals surface area contributed by atoms with Crippen LogP contribution in [0.25, 0.3) is 0 Å². The number of amides is 1. The van der Waals surface area contributed by atoms with Gasteiger partial charge in [-0.3, -0.25) is 9.69 Å². The highest BCUT2D eigenvalue weighted by Gasteiger charge is 2.44. The minimum Gasteiger partial charge on any atom is -0.467 e. The molecule has 1 aromatic rings. The molecule has 0 bridgehead atoms. The topological polar surface area (TPSA) is 82.1 Å². The van der Waals surface area contributed by atoms with Gasteiger partial charge in [-0.05, 0) is 57.2 Å². The first kappa shape index (κ1) is 22.4. The van der Waals surface area contributed by atoms with Gasteiger partial charge in [0.05, 0.1) is 19.6 Å². The molecule has 1 aromatic carbocycles. The molecule has 3 rings (SSSR count). The van der Waals surface area contributed by atoms with Crippen LogP contribution in [0.5, 0.6) is 0 Å². The summed E-state index contributed by atoms with van der Waals surface area (Å²) >= 11 is 6.25. The van der Waals surface area contributed by atoms with E-state index in [0.29, 0.717) is 19.3 Å². The number of hydrogen-bond acceptors (Lipinski definition) is 6. The Bertz CT molecular complexity index is 833. The number of carbonyl (C=O) groups is 3. The number of halogens is 1. The summed E-state index contributed by atoms with van der Waals surface area (Å²) in [6, 6.07) is 4.88. The molecule has 0 radical (unpaired) electrons. The van der Waals surface area contributed by atoms with E-state index in [0.717, 1.165) is 16.1 Å². The second-order valence-electron chi connectivity index (χ2n) is 8.78. The maximum Gasteiger partial charge on any atom is 0.411 e. The van der Waals surface area contributed by atoms with Gasteiger partial charge in [-0.2, -0.15) is 0 Å². The molecule has 164 valence electrons. The molecular formula is C22H28ClNO6. The van der Waals surface area contributed by atoms with Crippen molar-refractivity contribution in [1.82, 2.24) is 4.90 Å². The van der Waals surface area contributed by atoms with E-state index in [2.05, 4.69) is 0 Å². The molecule has 1 aliphatic carbocycles. The zero-order valence-corrected chi connectivity index (χ0v) is 18.5. The van der Waals surface area contributed by atoms with E-state index in [1.165, 1.54) is 12.0 Å². The second-order valence-corrected chi connectivity index (χ2v) is 9.19. The van der Waals surface area contributed by atoms with Crippen LogP contribution in [0.15, 0.2) is 18.2 Å². The summed E-state index contributed by atoms with van der Waals surface area (Å²) in [6.07, 6.45) is 0.907. The van der Waals surface area contributed by atoms with Crippen molar-refractivity contribution in [3.05, 3.63) is 34.3 Å². The Labute approximate surface area is 181 Å². The summed E-state index contributed by atoms with van der Waals surface area (Å²) in [6.45, 7) is 5.34. The molecule has 3 unspecified atom stereocenters. The number of carbonyl (C=O) groups excluding carboxylic acids is 3. The van der Waals surface area contributed by atoms with Crippen LogP contribution in [0.1, 0.15) is 44.7 Å². The Morgan fingerprint density at radius 2 is 1.90 bits per heavy atom. The van der Waals surface area contributed by atoms with E-state index in [1.807, 2.05) is 18.2 Å². The number of methoxy groups -OCH3 is 1. The van der Waals surface area contributed by atoms with Crippen LogP contribution in [-0.4, -0.2) is 54.3 Å². The normalized spacial score (nSPS) is 23.5. The fraction of sp³-hybridized carbons (Fsp3) is 0.591. The van der Waals surface area contributed by atoms with Gasteiger partial charge in [-0.15, -0.1) is 0 Å². The van der Waals surface area contributed by atoms with Crippen molar-refractivity contribution in [2.75, 3.05) is 13.7 Å². The zero-order chi connectivity index (χ0) is 22.1. The molecule has 1 heterocycles. The number of ether oxygens (including phenoxy) is 3. The molecule has 30 heavy (non-hydrogen) atoms. The van der Waals surface area contributed by atoms with E-state index in [4.69, 9.17) is 25.8 Å². The molecule has 2 aliphatic rings. The molecule has 0 spiro atoms. The summed E-state index contributed by atoms with van der Waals surface area (Å²) in [5, 5.41) is 0.726. The third-order valence-corrected chi connectivity index (χ3v) is 5.76. The summed E-state index contributed by atoms with van der Waals surface area (Å²) < 4.78 is 15.9. The number of esters is 2. The maximum absolute atomic E-state index is 12.8. The summed E-state index contributed by atoms with van der Waals surface area (Å²) in [4.78, 5) is 38.8. The molecule has 1 saturated heterocycles. The zero-order valence-electron chi connectivity index (χ0n) is 17.8. The first-order valence-corrected chi connectivity index (χ1v) is 10.5. The number of fused-ring (bicyclic) bond motifs is 1. The molecule has 8 heteroatoms. The van der Waals surface area contributed by atoms with Crippen molar-refractivity contribution < 1.29 is 28.6 Å². The van der Waals surface area contributed by atoms with Gasteiger partial charge < -0.3 is 14.2 Å². The van der Waals surface area contributed by atoms with Gasteiger partial charge >= 0.3 is 18.0 Å². The highest BCUT2D eigenvalue weighted by molar-refractivity contribution is 6.31. The van der Waals surface area contributed by atoms with Gasteiger partial charge in [0.1, 0.15) is 17.7 Å². The average Bonchev–Trinajstić information content (AvgIpc) is 3.10. The predicted molar refractivity (Wildman–Crippen MR) is 110 cm³/mol. The standard InChI is InChI=1S/C22H28ClNO6/c1-22(2,3)30-21(27)24-12-15(11-18(24)20(26)28-4)29-19(25)14-8-9-16-13(10-14)6-5-7-17(16)23/h5-7,14-15,18H,8-12H2,1-4H3. The summed E-state index contributed by atoms with van der Waals surface area (Å²) in [7, 11) is 1.26. The molecule has 1 aliphatic heterocycles. The molecule has 1 amide bonds. The Morgan fingerprint density at radius 3 is 2.57 bits per heavy atom. The Balaban J connectivity index is 1.65. The molecule has 1 fully saturated rings. The molecule has 3 atom stereocenters. The van der Waals surface area contributed by atoms with Gasteiger partial charge in [0.25, 0.3) is 0 Å². The van der Waals surface area contributed by atoms with Gasteiger partial charge in [0.2, 0.25) is 0 Å². The van der Waals surface area contributed by atoms with Gasteiger partial charge in [-0.25, -0.2) is 9.59 Å². The van der Waals surface area contributed by atoms with E-state index >= 15 is 0 Å². The van der Waals surface area contributed by atoms with E-state index in [-0.39, 0.29) is 24.9 Å². The maximum atomic E-state index is 12.8. The first-order valence-electron chi connectivity index (χ1n) is 10.1. The van der Waals surface area contributed by atoms with Crippen LogP contribution < -0.4 is 0 Å². The van der Waals surface area contributed by atoms with Crippen molar-refractivity contribution in [2.24, 2.45) is 5.92 Å². The van der Waals surface area contributed by atoms with Gasteiger partial charge in [0, 0.05) is 11.4 Å². The lowest BCUT2D eigenvalue weighted by Crippen LogP contribution is -2.44. The van der Waals surface area contributed by atoms with Crippen LogP contribution in [0, 0.1) is 5.92 Å². The Hall–Kier alpha value is -2.28. The number of hydrogen-bond donors (Lipinski definition) is 0. The van der Waals surface area contributed by atoms with E-state index < -0.39 is 29.8 Å². The Kier molecular flexibility index (Phi) is 6.60. The van der Waals surface area contributed by atoms with Crippen molar-refractivity contribution in [2.45, 2.75) is 64.2 Å². The predicted octanol–water partition coefficient (Wildman–Crippen LogP) is 3.54. The molecule has 0 aromatic heterocycles. The minimum atomic E-state index is -0.839. The quantitative estimate of drug-likeness (QED) is 0.531. The number of likely N-dealkylation sites (tertiary alicyclic amines) is 1. The average molecular weight is 438 g/mol. The highest BCUT2D eigenvalue weighted by Crippen LogP contribution is 2.32. The molecule has 7 nitrogen and oxygen atoms in total. The van der Waals surface area contributed by atoms with Crippen molar-refractivity contribution in [1.29, 1.82) is 0 Å². The highest BCUT2D eigenvalue weighted by atomic mass is 35.5. The lowest BCUT2D eigenvalue weighted by atomic mass is 9.84. The van der Waals surface area contributed by atoms with Crippen molar-refractivity contribution in [3.8, 4) is 0 Å². The third kappa shape index (κ3) is 5.06. The van der Waals surface area contributed by atoms with Crippen molar-refractivity contribution in [3.63, 3.8) is 0 Å². The fourth-order valence-corrected chi connectivity index (χ4v) is 4.28. The first-order chi connectivity index (χ1) is 14.1. The van der Waals surface area contributed by atoms with E-state index in [1.54, 1.807) is 20.8 Å². The van der Waals surface area contributed by atoms with Crippen LogP contribution in [0.4, 0.5) is 4.79 Å². The van der Waals surface area contributed by atoms with Crippen LogP contribution in [-0.2, 0) is 36.6 Å². The fourth-order valence-electron chi connectivity index (χ4n) is 3.99. The summed E-state index contributed by atoms with van der Waals surface area (Å²) in [5.74, 6) is -1.15. The molecule has 0 saturated carbocycles. The smallest absolute Gasteiger partial charge is 0.411 e. The number of benzene rings is 1.